The third-order valence-electron chi connectivity index (χ3n) is 2.87. The van der Waals surface area contributed by atoms with Crippen LogP contribution in [-0.4, -0.2) is 22.8 Å². The van der Waals surface area contributed by atoms with Gasteiger partial charge in [-0.2, -0.15) is 10.2 Å². The van der Waals surface area contributed by atoms with Crippen molar-refractivity contribution in [3.8, 4) is 0 Å². The first-order chi connectivity index (χ1) is 9.16. The molecule has 0 aliphatic rings. The van der Waals surface area contributed by atoms with Crippen LogP contribution in [0.4, 0.5) is 0 Å². The van der Waals surface area contributed by atoms with E-state index in [-0.39, 0.29) is 5.97 Å². The third kappa shape index (κ3) is 3.61. The number of carbonyl (C=O) groups is 1. The fourth-order valence-electron chi connectivity index (χ4n) is 1.71. The summed E-state index contributed by atoms with van der Waals surface area (Å²) in [7, 11) is 0. The van der Waals surface area contributed by atoms with Gasteiger partial charge in [0.05, 0.1) is 24.1 Å². The number of aryl methyl sites for hydroxylation is 2. The van der Waals surface area contributed by atoms with Crippen LogP contribution in [0.5, 0.6) is 0 Å². The van der Waals surface area contributed by atoms with Crippen molar-refractivity contribution in [2.24, 2.45) is 0 Å². The number of benzene rings is 1. The Hall–Kier alpha value is -2.23. The van der Waals surface area contributed by atoms with Gasteiger partial charge in [0.1, 0.15) is 0 Å². The molecule has 0 saturated heterocycles. The van der Waals surface area contributed by atoms with E-state index in [4.69, 9.17) is 4.74 Å². The lowest BCUT2D eigenvalue weighted by Gasteiger charge is -2.06. The van der Waals surface area contributed by atoms with E-state index in [1.807, 2.05) is 31.2 Å². The van der Waals surface area contributed by atoms with Gasteiger partial charge in [0.2, 0.25) is 0 Å². The molecular weight excluding hydrogens is 240 g/mol. The van der Waals surface area contributed by atoms with Crippen LogP contribution in [0.15, 0.2) is 36.5 Å². The molecule has 0 radical (unpaired) electrons. The molecule has 1 heterocycles. The second kappa shape index (κ2) is 6.09. The Bertz CT molecular complexity index is 565. The highest BCUT2D eigenvalue weighted by Gasteiger charge is 2.10. The van der Waals surface area contributed by atoms with Crippen LogP contribution in [-0.2, 0) is 11.2 Å². The Balaban J connectivity index is 1.88. The molecule has 0 saturated carbocycles. The molecule has 1 aromatic heterocycles. The Morgan fingerprint density at radius 1 is 1.16 bits per heavy atom. The lowest BCUT2D eigenvalue weighted by atomic mass is 10.1. The van der Waals surface area contributed by atoms with Crippen LogP contribution >= 0.6 is 0 Å². The fourth-order valence-corrected chi connectivity index (χ4v) is 1.71. The first-order valence-corrected chi connectivity index (χ1v) is 6.18. The number of nitrogens with zero attached hydrogens (tertiary/aromatic N) is 2. The monoisotopic (exact) mass is 256 g/mol. The van der Waals surface area contributed by atoms with Gasteiger partial charge in [-0.3, -0.25) is 0 Å². The predicted molar refractivity (Wildman–Crippen MR) is 71.9 cm³/mol. The molecular formula is C15H16N2O2. The molecule has 1 aromatic carbocycles. The lowest BCUT2D eigenvalue weighted by Crippen LogP contribution is -2.10. The maximum absolute atomic E-state index is 11.8. The summed E-state index contributed by atoms with van der Waals surface area (Å²) >= 11 is 0. The summed E-state index contributed by atoms with van der Waals surface area (Å²) in [6.45, 7) is 4.15. The predicted octanol–water partition coefficient (Wildman–Crippen LogP) is 2.49. The molecule has 19 heavy (non-hydrogen) atoms. The van der Waals surface area contributed by atoms with Crippen molar-refractivity contribution < 1.29 is 9.53 Å². The van der Waals surface area contributed by atoms with Crippen molar-refractivity contribution in [1.29, 1.82) is 0 Å². The van der Waals surface area contributed by atoms with Crippen LogP contribution < -0.4 is 0 Å². The molecule has 4 heteroatoms. The molecule has 0 unspecified atom stereocenters. The minimum absolute atomic E-state index is 0.348. The molecule has 0 aliphatic carbocycles. The first kappa shape index (κ1) is 13.2. The van der Waals surface area contributed by atoms with E-state index in [1.165, 1.54) is 11.8 Å². The van der Waals surface area contributed by atoms with E-state index >= 15 is 0 Å². The van der Waals surface area contributed by atoms with Crippen LogP contribution in [0.2, 0.25) is 0 Å². The van der Waals surface area contributed by atoms with Gasteiger partial charge in [-0.25, -0.2) is 4.79 Å². The van der Waals surface area contributed by atoms with E-state index in [0.717, 1.165) is 5.56 Å². The van der Waals surface area contributed by atoms with Gasteiger partial charge in [-0.05, 0) is 25.5 Å². The summed E-state index contributed by atoms with van der Waals surface area (Å²) in [5.74, 6) is -0.348. The zero-order valence-electron chi connectivity index (χ0n) is 11.1. The molecule has 0 N–H and O–H groups in total. The summed E-state index contributed by atoms with van der Waals surface area (Å²) < 4.78 is 5.24. The number of ether oxygens (including phenoxy) is 1. The third-order valence-corrected chi connectivity index (χ3v) is 2.87. The van der Waals surface area contributed by atoms with Crippen LogP contribution in [0.1, 0.15) is 27.2 Å². The van der Waals surface area contributed by atoms with Gasteiger partial charge in [-0.1, -0.05) is 29.8 Å². The average Bonchev–Trinajstić information content (AvgIpc) is 2.41. The summed E-state index contributed by atoms with van der Waals surface area (Å²) in [4.78, 5) is 11.8. The first-order valence-electron chi connectivity index (χ1n) is 6.18. The molecule has 0 atom stereocenters. The van der Waals surface area contributed by atoms with E-state index in [0.29, 0.717) is 24.3 Å². The van der Waals surface area contributed by atoms with Crippen molar-refractivity contribution >= 4 is 5.97 Å². The number of rotatable bonds is 4. The van der Waals surface area contributed by atoms with Crippen LogP contribution in [0, 0.1) is 13.8 Å². The lowest BCUT2D eigenvalue weighted by molar-refractivity contribution is 0.0507. The van der Waals surface area contributed by atoms with E-state index in [2.05, 4.69) is 10.2 Å². The molecule has 0 amide bonds. The van der Waals surface area contributed by atoms with Crippen LogP contribution in [0.3, 0.4) is 0 Å². The van der Waals surface area contributed by atoms with E-state index in [9.17, 15) is 4.79 Å². The molecule has 0 aliphatic heterocycles. The van der Waals surface area contributed by atoms with Crippen molar-refractivity contribution in [2.75, 3.05) is 6.61 Å². The van der Waals surface area contributed by atoms with Gasteiger partial charge in [-0.15, -0.1) is 0 Å². The largest absolute Gasteiger partial charge is 0.462 e. The summed E-state index contributed by atoms with van der Waals surface area (Å²) in [5.41, 5.74) is 3.43. The quantitative estimate of drug-likeness (QED) is 0.789. The molecule has 98 valence electrons. The Morgan fingerprint density at radius 3 is 2.58 bits per heavy atom. The highest BCUT2D eigenvalue weighted by molar-refractivity contribution is 5.90. The zero-order valence-corrected chi connectivity index (χ0v) is 11.1. The summed E-state index contributed by atoms with van der Waals surface area (Å²) in [6.07, 6.45) is 2.20. The maximum Gasteiger partial charge on any atom is 0.340 e. The molecule has 0 spiro atoms. The summed E-state index contributed by atoms with van der Waals surface area (Å²) in [6, 6.07) is 9.81. The number of carbonyl (C=O) groups excluding carboxylic acids is 1. The van der Waals surface area contributed by atoms with Crippen molar-refractivity contribution in [1.82, 2.24) is 10.2 Å². The molecule has 0 fully saturated rings. The number of hydrogen-bond acceptors (Lipinski definition) is 4. The van der Waals surface area contributed by atoms with Gasteiger partial charge in [0, 0.05) is 6.42 Å². The van der Waals surface area contributed by atoms with Crippen molar-refractivity contribution in [3.05, 3.63) is 58.9 Å². The Morgan fingerprint density at radius 2 is 1.89 bits per heavy atom. The second-order valence-corrected chi connectivity index (χ2v) is 4.40. The maximum atomic E-state index is 11.8. The van der Waals surface area contributed by atoms with E-state index < -0.39 is 0 Å². The Labute approximate surface area is 112 Å². The molecule has 4 nitrogen and oxygen atoms in total. The number of esters is 1. The van der Waals surface area contributed by atoms with E-state index in [1.54, 1.807) is 13.0 Å². The smallest absolute Gasteiger partial charge is 0.340 e. The Kier molecular flexibility index (Phi) is 4.23. The highest BCUT2D eigenvalue weighted by atomic mass is 16.5. The van der Waals surface area contributed by atoms with Gasteiger partial charge in [0.25, 0.3) is 0 Å². The molecule has 0 bridgehead atoms. The number of hydrogen-bond donors (Lipinski definition) is 0. The van der Waals surface area contributed by atoms with Gasteiger partial charge >= 0.3 is 5.97 Å². The van der Waals surface area contributed by atoms with Gasteiger partial charge < -0.3 is 4.74 Å². The highest BCUT2D eigenvalue weighted by Crippen LogP contribution is 2.07. The van der Waals surface area contributed by atoms with Gasteiger partial charge in [0.15, 0.2) is 0 Å². The topological polar surface area (TPSA) is 52.1 Å². The minimum atomic E-state index is -0.348. The minimum Gasteiger partial charge on any atom is -0.462 e. The molecule has 2 aromatic rings. The standard InChI is InChI=1S/C15H16N2O2/c1-11-3-5-13(6-4-11)8-10-19-15(18)14-7-9-16-17-12(14)2/h3-7,9H,8,10H2,1-2H3. The van der Waals surface area contributed by atoms with Crippen molar-refractivity contribution in [3.63, 3.8) is 0 Å². The second-order valence-electron chi connectivity index (χ2n) is 4.40. The molecule has 2 rings (SSSR count). The SMILES string of the molecule is Cc1ccc(CCOC(=O)c2ccnnc2C)cc1. The normalized spacial score (nSPS) is 10.2. The van der Waals surface area contributed by atoms with Crippen LogP contribution in [0.25, 0.3) is 0 Å². The number of aromatic nitrogens is 2. The zero-order chi connectivity index (χ0) is 13.7. The summed E-state index contributed by atoms with van der Waals surface area (Å²) in [5, 5.41) is 7.53. The average molecular weight is 256 g/mol. The van der Waals surface area contributed by atoms with Crippen molar-refractivity contribution in [2.45, 2.75) is 20.3 Å². The fraction of sp³-hybridized carbons (Fsp3) is 0.267.